The Morgan fingerprint density at radius 2 is 1.64 bits per heavy atom. The maximum atomic E-state index is 13.7. The molecule has 0 saturated carbocycles. The molecule has 0 saturated heterocycles. The van der Waals surface area contributed by atoms with Gasteiger partial charge in [-0.05, 0) is 77.3 Å². The first-order valence-electron chi connectivity index (χ1n) is 11.3. The molecule has 0 radical (unpaired) electrons. The minimum Gasteiger partial charge on any atom is -0.454 e. The zero-order chi connectivity index (χ0) is 22.6. The number of benzene rings is 3. The van der Waals surface area contributed by atoms with E-state index in [4.69, 9.17) is 20.2 Å². The summed E-state index contributed by atoms with van der Waals surface area (Å²) >= 11 is 0. The Balaban J connectivity index is 1.51. The molecule has 2 aliphatic heterocycles. The number of aliphatic imine (C=N–C) groups is 1. The normalized spacial score (nSPS) is 21.2. The number of aryl methyl sites for hydroxylation is 2. The van der Waals surface area contributed by atoms with Gasteiger partial charge in [-0.3, -0.25) is 9.69 Å². The molecule has 3 aliphatic rings. The number of nitrogens with zero attached hydrogens (tertiary/aromatic N) is 2. The number of guanidine groups is 1. The van der Waals surface area contributed by atoms with Gasteiger partial charge in [0.2, 0.25) is 6.79 Å². The van der Waals surface area contributed by atoms with E-state index in [9.17, 15) is 4.79 Å². The first-order chi connectivity index (χ1) is 16.1. The molecule has 1 amide bonds. The lowest BCUT2D eigenvalue weighted by molar-refractivity contribution is -0.129. The van der Waals surface area contributed by atoms with Crippen LogP contribution in [0.4, 0.5) is 0 Å². The first kappa shape index (κ1) is 19.9. The lowest BCUT2D eigenvalue weighted by atomic mass is 9.79. The Labute approximate surface area is 192 Å². The van der Waals surface area contributed by atoms with Crippen LogP contribution in [0.5, 0.6) is 11.5 Å². The maximum absolute atomic E-state index is 13.7. The Hall–Kier alpha value is -3.80. The summed E-state index contributed by atoms with van der Waals surface area (Å²) in [6.45, 7) is 0.231. The molecule has 166 valence electrons. The van der Waals surface area contributed by atoms with Crippen molar-refractivity contribution in [2.75, 3.05) is 13.8 Å². The van der Waals surface area contributed by atoms with E-state index in [1.54, 1.807) is 7.05 Å². The molecule has 3 aromatic carbocycles. The summed E-state index contributed by atoms with van der Waals surface area (Å²) in [4.78, 5) is 19.9. The van der Waals surface area contributed by atoms with E-state index >= 15 is 0 Å². The van der Waals surface area contributed by atoms with E-state index in [1.165, 1.54) is 28.9 Å². The topological polar surface area (TPSA) is 77.2 Å². The van der Waals surface area contributed by atoms with Crippen LogP contribution in [0, 0.1) is 0 Å². The van der Waals surface area contributed by atoms with Crippen LogP contribution in [-0.4, -0.2) is 30.6 Å². The van der Waals surface area contributed by atoms with Crippen LogP contribution in [0.3, 0.4) is 0 Å². The van der Waals surface area contributed by atoms with Gasteiger partial charge in [-0.25, -0.2) is 4.99 Å². The van der Waals surface area contributed by atoms with Crippen molar-refractivity contribution in [2.45, 2.75) is 31.2 Å². The highest BCUT2D eigenvalue weighted by Gasteiger charge is 2.49. The molecule has 2 heterocycles. The van der Waals surface area contributed by atoms with Gasteiger partial charge in [-0.15, -0.1) is 0 Å². The predicted molar refractivity (Wildman–Crippen MR) is 126 cm³/mol. The van der Waals surface area contributed by atoms with E-state index in [1.807, 2.05) is 48.5 Å². The minimum atomic E-state index is -1.20. The van der Waals surface area contributed by atoms with Crippen molar-refractivity contribution >= 4 is 11.9 Å². The van der Waals surface area contributed by atoms with Crippen molar-refractivity contribution in [3.05, 3.63) is 82.9 Å². The molecule has 6 nitrogen and oxygen atoms in total. The summed E-state index contributed by atoms with van der Waals surface area (Å²) in [7, 11) is 1.68. The van der Waals surface area contributed by atoms with Gasteiger partial charge in [0.05, 0.1) is 0 Å². The van der Waals surface area contributed by atoms with Crippen LogP contribution in [0.1, 0.15) is 35.1 Å². The fraction of sp³-hybridized carbons (Fsp3) is 0.259. The molecule has 33 heavy (non-hydrogen) atoms. The van der Waals surface area contributed by atoms with Crippen LogP contribution in [0.15, 0.2) is 65.7 Å². The van der Waals surface area contributed by atoms with Gasteiger partial charge in [0.1, 0.15) is 0 Å². The molecule has 2 N–H and O–H groups in total. The molecular weight excluding hydrogens is 414 g/mol. The van der Waals surface area contributed by atoms with Crippen LogP contribution < -0.4 is 15.2 Å². The predicted octanol–water partition coefficient (Wildman–Crippen LogP) is 3.99. The molecule has 1 unspecified atom stereocenters. The summed E-state index contributed by atoms with van der Waals surface area (Å²) < 4.78 is 11.0. The number of nitrogens with two attached hydrogens (primary N) is 1. The minimum absolute atomic E-state index is 0.140. The fourth-order valence-corrected chi connectivity index (χ4v) is 5.14. The second-order valence-electron chi connectivity index (χ2n) is 8.88. The van der Waals surface area contributed by atoms with E-state index < -0.39 is 5.54 Å². The Bertz CT molecular complexity index is 1320. The van der Waals surface area contributed by atoms with Gasteiger partial charge in [0.15, 0.2) is 23.0 Å². The third kappa shape index (κ3) is 3.01. The van der Waals surface area contributed by atoms with Crippen molar-refractivity contribution in [2.24, 2.45) is 10.7 Å². The van der Waals surface area contributed by atoms with E-state index in [2.05, 4.69) is 12.1 Å². The van der Waals surface area contributed by atoms with Gasteiger partial charge in [-0.2, -0.15) is 0 Å². The van der Waals surface area contributed by atoms with E-state index in [-0.39, 0.29) is 18.7 Å². The number of amides is 1. The Morgan fingerprint density at radius 1 is 0.879 bits per heavy atom. The van der Waals surface area contributed by atoms with Crippen molar-refractivity contribution < 1.29 is 14.3 Å². The summed E-state index contributed by atoms with van der Waals surface area (Å²) in [5.74, 6) is 1.55. The smallest absolute Gasteiger partial charge is 0.266 e. The largest absolute Gasteiger partial charge is 0.454 e. The van der Waals surface area contributed by atoms with Crippen molar-refractivity contribution in [3.8, 4) is 22.6 Å². The Morgan fingerprint density at radius 3 is 2.45 bits per heavy atom. The summed E-state index contributed by atoms with van der Waals surface area (Å²) in [5, 5.41) is 0. The maximum Gasteiger partial charge on any atom is 0.266 e. The van der Waals surface area contributed by atoms with Crippen molar-refractivity contribution in [3.63, 3.8) is 0 Å². The second-order valence-corrected chi connectivity index (χ2v) is 8.88. The molecule has 0 fully saturated rings. The number of ether oxygens (including phenoxy) is 2. The van der Waals surface area contributed by atoms with Gasteiger partial charge in [-0.1, -0.05) is 42.5 Å². The number of carbonyl (C=O) groups is 1. The third-order valence-corrected chi connectivity index (χ3v) is 6.99. The zero-order valence-corrected chi connectivity index (χ0v) is 18.5. The lowest BCUT2D eigenvalue weighted by Gasteiger charge is -2.28. The lowest BCUT2D eigenvalue weighted by Crippen LogP contribution is -2.41. The summed E-state index contributed by atoms with van der Waals surface area (Å²) in [6.07, 6.45) is 4.49. The van der Waals surface area contributed by atoms with Crippen molar-refractivity contribution in [1.29, 1.82) is 0 Å². The number of hydrogen-bond acceptors (Lipinski definition) is 5. The fourth-order valence-electron chi connectivity index (χ4n) is 5.14. The van der Waals surface area contributed by atoms with Crippen LogP contribution in [-0.2, 0) is 23.2 Å². The van der Waals surface area contributed by atoms with Crippen LogP contribution in [0.25, 0.3) is 11.1 Å². The SMILES string of the molecule is CN1C(=O)C(c2cccc(-c3ccc4c(c3)OCO4)c2)(c2ccc3c(c2)CCCC3)N=C1N. The molecule has 0 aromatic heterocycles. The molecule has 3 aromatic rings. The standard InChI is InChI=1S/C27H25N3O3/c1-30-25(31)27(29-26(30)28,22-11-9-17-5-2-3-6-18(17)13-22)21-8-4-7-19(14-21)20-10-12-23-24(15-20)33-16-32-23/h4,7-15H,2-3,5-6,16H2,1H3,(H2,28,29). The number of fused-ring (bicyclic) bond motifs is 2. The van der Waals surface area contributed by atoms with Gasteiger partial charge < -0.3 is 15.2 Å². The molecule has 1 aliphatic carbocycles. The number of rotatable bonds is 3. The van der Waals surface area contributed by atoms with Gasteiger partial charge >= 0.3 is 0 Å². The Kier molecular flexibility index (Phi) is 4.43. The highest BCUT2D eigenvalue weighted by atomic mass is 16.7. The summed E-state index contributed by atoms with van der Waals surface area (Å²) in [6, 6.07) is 20.2. The quantitative estimate of drug-likeness (QED) is 0.669. The summed E-state index contributed by atoms with van der Waals surface area (Å²) in [5.41, 5.74) is 11.3. The molecule has 0 bridgehead atoms. The average molecular weight is 440 g/mol. The monoisotopic (exact) mass is 439 g/mol. The highest BCUT2D eigenvalue weighted by Crippen LogP contribution is 2.42. The average Bonchev–Trinajstić information content (AvgIpc) is 3.42. The molecule has 0 spiro atoms. The van der Waals surface area contributed by atoms with Gasteiger partial charge in [0.25, 0.3) is 5.91 Å². The second kappa shape index (κ2) is 7.37. The van der Waals surface area contributed by atoms with E-state index in [0.29, 0.717) is 0 Å². The number of likely N-dealkylation sites (N-methyl/N-ethyl adjacent to an activating group) is 1. The number of carbonyl (C=O) groups excluding carboxylic acids is 1. The highest BCUT2D eigenvalue weighted by molar-refractivity contribution is 6.09. The van der Waals surface area contributed by atoms with E-state index in [0.717, 1.165) is 46.6 Å². The van der Waals surface area contributed by atoms with Crippen LogP contribution in [0.2, 0.25) is 0 Å². The number of hydrogen-bond donors (Lipinski definition) is 1. The molecule has 6 rings (SSSR count). The van der Waals surface area contributed by atoms with Crippen molar-refractivity contribution in [1.82, 2.24) is 4.90 Å². The molecule has 6 heteroatoms. The molecular formula is C27H25N3O3. The van der Waals surface area contributed by atoms with Gasteiger partial charge in [0, 0.05) is 7.05 Å². The molecule has 1 atom stereocenters. The first-order valence-corrected chi connectivity index (χ1v) is 11.3. The zero-order valence-electron chi connectivity index (χ0n) is 18.5. The third-order valence-electron chi connectivity index (χ3n) is 6.99. The van der Waals surface area contributed by atoms with Crippen LogP contribution >= 0.6 is 0 Å².